The molecule has 9 heterocycles. The smallest absolute Gasteiger partial charge is 0.461 e. The van der Waals surface area contributed by atoms with Crippen LogP contribution in [-0.4, -0.2) is 189 Å². The van der Waals surface area contributed by atoms with E-state index in [0.29, 0.717) is 97.1 Å². The number of carbonyl (C=O) groups is 3. The summed E-state index contributed by atoms with van der Waals surface area (Å²) in [6.45, 7) is 10.9. The van der Waals surface area contributed by atoms with Crippen molar-refractivity contribution in [1.82, 2.24) is 28.7 Å². The van der Waals surface area contributed by atoms with Crippen molar-refractivity contribution in [2.45, 2.75) is 82.4 Å². The van der Waals surface area contributed by atoms with E-state index in [4.69, 9.17) is 71.4 Å². The van der Waals surface area contributed by atoms with E-state index >= 15 is 0 Å². The van der Waals surface area contributed by atoms with Gasteiger partial charge in [-0.15, -0.1) is 4.98 Å². The fourth-order valence-electron chi connectivity index (χ4n) is 6.42. The number of aromatic nitrogens is 6. The first-order valence-electron chi connectivity index (χ1n) is 23.3. The number of nitrogens with zero attached hydrogens (tertiary/aromatic N) is 6. The fourth-order valence-corrected chi connectivity index (χ4v) is 6.42. The Morgan fingerprint density at radius 1 is 0.549 bits per heavy atom. The predicted octanol–water partition coefficient (Wildman–Crippen LogP) is -1.01. The van der Waals surface area contributed by atoms with Crippen LogP contribution in [0.15, 0.2) is 32.6 Å². The standard InChI is InChI=1S/C18H18O9.C14H23N3O6.C12H15N3O6/c19-16(24-8-14-6-22-14)11-1-10(13-4-26-18(21)27-5-13)2-12(3-11)17(20)25-9-15-7-23-15;1-3-18-7-8-19-13-15-12(5-6-23-22-4-2)16-14(17-13)21-10-11-9-20-11;16-10-13(1-7-4-19-7)11(17)15(3-9-6-21-9)12(18)14(10)2-8-5-20-8/h1-3,13-15H,4-9H2;11H,3-10H2,1-2H3;7-9H,1-6H2. The van der Waals surface area contributed by atoms with Gasteiger partial charge < -0.3 is 61.6 Å². The molecule has 3 aromatic rings. The summed E-state index contributed by atoms with van der Waals surface area (Å²) in [4.78, 5) is 95.2. The quantitative estimate of drug-likeness (QED) is 0.0232. The third kappa shape index (κ3) is 16.9. The highest BCUT2D eigenvalue weighted by molar-refractivity contribution is 5.95. The first kappa shape index (κ1) is 51.4. The van der Waals surface area contributed by atoms with Gasteiger partial charge in [0.15, 0.2) is 0 Å². The Bertz CT molecular complexity index is 2260. The number of epoxide rings is 6. The van der Waals surface area contributed by atoms with Crippen LogP contribution in [0.3, 0.4) is 0 Å². The van der Waals surface area contributed by atoms with Crippen molar-refractivity contribution in [3.63, 3.8) is 0 Å². The molecule has 0 spiro atoms. The molecule has 7 fully saturated rings. The second-order valence-electron chi connectivity index (χ2n) is 16.7. The van der Waals surface area contributed by atoms with Crippen LogP contribution >= 0.6 is 0 Å². The number of benzene rings is 1. The van der Waals surface area contributed by atoms with Gasteiger partial charge in [0.05, 0.1) is 114 Å². The van der Waals surface area contributed by atoms with Crippen LogP contribution < -0.4 is 26.5 Å². The minimum atomic E-state index is -0.740. The maximum absolute atomic E-state index is 12.4. The highest BCUT2D eigenvalue weighted by Gasteiger charge is 2.33. The van der Waals surface area contributed by atoms with Gasteiger partial charge in [-0.3, -0.25) is 0 Å². The molecule has 71 heavy (non-hydrogen) atoms. The lowest BCUT2D eigenvalue weighted by molar-refractivity contribution is -0.290. The Morgan fingerprint density at radius 2 is 1.01 bits per heavy atom. The second kappa shape index (κ2) is 25.0. The Hall–Kier alpha value is -5.91. The molecule has 10 rings (SSSR count). The van der Waals surface area contributed by atoms with Crippen molar-refractivity contribution in [1.29, 1.82) is 0 Å². The van der Waals surface area contributed by atoms with Gasteiger partial charge in [0.25, 0.3) is 0 Å². The second-order valence-corrected chi connectivity index (χ2v) is 16.7. The van der Waals surface area contributed by atoms with E-state index in [1.54, 1.807) is 12.1 Å². The van der Waals surface area contributed by atoms with Gasteiger partial charge in [0.2, 0.25) is 0 Å². The lowest BCUT2D eigenvalue weighted by Gasteiger charge is -2.22. The van der Waals surface area contributed by atoms with Crippen molar-refractivity contribution < 1.29 is 85.7 Å². The first-order chi connectivity index (χ1) is 34.5. The lowest BCUT2D eigenvalue weighted by atomic mass is 9.95. The summed E-state index contributed by atoms with van der Waals surface area (Å²) >= 11 is 0. The number of cyclic esters (lactones) is 2. The van der Waals surface area contributed by atoms with Gasteiger partial charge >= 0.3 is 47.2 Å². The molecule has 7 aliphatic rings. The third-order valence-corrected chi connectivity index (χ3v) is 10.8. The summed E-state index contributed by atoms with van der Waals surface area (Å²) in [5, 5.41) is 0. The highest BCUT2D eigenvalue weighted by atomic mass is 17.2. The maximum atomic E-state index is 12.4. The van der Waals surface area contributed by atoms with Gasteiger partial charge in [0.1, 0.15) is 63.8 Å². The zero-order chi connectivity index (χ0) is 49.7. The van der Waals surface area contributed by atoms with Gasteiger partial charge in [0, 0.05) is 13.0 Å². The van der Waals surface area contributed by atoms with E-state index in [2.05, 4.69) is 15.0 Å². The van der Waals surface area contributed by atoms with Crippen molar-refractivity contribution in [2.75, 3.05) is 106 Å². The summed E-state index contributed by atoms with van der Waals surface area (Å²) in [7, 11) is 0. The molecular weight excluding hydrogens is 949 g/mol. The molecule has 1 aromatic carbocycles. The fraction of sp³-hybridized carbons (Fsp3) is 0.659. The number of ether oxygens (including phenoxy) is 13. The molecule has 0 amide bonds. The number of hydrogen-bond acceptors (Lipinski definition) is 24. The topological polar surface area (TPSA) is 314 Å². The molecule has 27 heteroatoms. The van der Waals surface area contributed by atoms with Gasteiger partial charge in [-0.25, -0.2) is 52.2 Å². The molecule has 0 radical (unpaired) electrons. The number of esters is 2. The molecule has 6 atom stereocenters. The highest BCUT2D eigenvalue weighted by Crippen LogP contribution is 2.25. The van der Waals surface area contributed by atoms with Gasteiger partial charge in [-0.05, 0) is 37.6 Å². The minimum Gasteiger partial charge on any atom is -0.461 e. The van der Waals surface area contributed by atoms with Crippen LogP contribution in [0.4, 0.5) is 4.79 Å². The van der Waals surface area contributed by atoms with Crippen LogP contribution in [0.5, 0.6) is 12.0 Å². The van der Waals surface area contributed by atoms with E-state index in [1.807, 2.05) is 13.8 Å². The van der Waals surface area contributed by atoms with Crippen LogP contribution in [-0.2, 0) is 87.9 Å². The molecule has 2 aromatic heterocycles. The molecule has 7 aliphatic heterocycles. The monoisotopic (exact) mass is 1000 g/mol. The van der Waals surface area contributed by atoms with E-state index in [0.717, 1.165) is 13.7 Å². The number of hydrogen-bond donors (Lipinski definition) is 0. The lowest BCUT2D eigenvalue weighted by Crippen LogP contribution is -2.55. The summed E-state index contributed by atoms with van der Waals surface area (Å²) < 4.78 is 69.9. The molecule has 0 N–H and O–H groups in total. The SMILES string of the molecule is CCOCCOc1nc(CCOOCC)nc(OCC2CO2)n1.O=C1OCC(c2cc(C(=O)OCC3CO3)cc(C(=O)OCC3CO3)c2)CO1.O=c1n(CC2CO2)c(=O)n(CC2CO2)c(=O)n1CC1CO1. The van der Waals surface area contributed by atoms with Crippen molar-refractivity contribution in [3.8, 4) is 12.0 Å². The van der Waals surface area contributed by atoms with Crippen molar-refractivity contribution in [2.24, 2.45) is 0 Å². The summed E-state index contributed by atoms with van der Waals surface area (Å²) in [6.07, 6.45) is -0.648. The largest absolute Gasteiger partial charge is 0.508 e. The van der Waals surface area contributed by atoms with Crippen molar-refractivity contribution in [3.05, 3.63) is 72.2 Å². The summed E-state index contributed by atoms with van der Waals surface area (Å²) in [6, 6.07) is 5.05. The first-order valence-corrected chi connectivity index (χ1v) is 23.3. The van der Waals surface area contributed by atoms with E-state index < -0.39 is 35.2 Å². The molecular formula is C44H56N6O21. The molecule has 6 unspecified atom stereocenters. The minimum absolute atomic E-state index is 0.0636. The average molecular weight is 1000 g/mol. The van der Waals surface area contributed by atoms with Gasteiger partial charge in [-0.1, -0.05) is 0 Å². The zero-order valence-corrected chi connectivity index (χ0v) is 39.2. The zero-order valence-electron chi connectivity index (χ0n) is 39.2. The Labute approximate surface area is 404 Å². The molecule has 7 saturated heterocycles. The van der Waals surface area contributed by atoms with E-state index in [9.17, 15) is 28.8 Å². The van der Waals surface area contributed by atoms with Gasteiger partial charge in [-0.2, -0.15) is 9.97 Å². The third-order valence-electron chi connectivity index (χ3n) is 10.8. The Morgan fingerprint density at radius 3 is 1.46 bits per heavy atom. The molecule has 0 aliphatic carbocycles. The van der Waals surface area contributed by atoms with Crippen LogP contribution in [0, 0.1) is 0 Å². The van der Waals surface area contributed by atoms with Crippen molar-refractivity contribution >= 4 is 18.1 Å². The average Bonchev–Trinajstić information content (AvgIpc) is 4.16. The number of rotatable bonds is 26. The maximum Gasteiger partial charge on any atom is 0.508 e. The van der Waals surface area contributed by atoms with Crippen LogP contribution in [0.25, 0.3) is 0 Å². The van der Waals surface area contributed by atoms with E-state index in [-0.39, 0.29) is 112 Å². The Balaban J connectivity index is 0.000000144. The predicted molar refractivity (Wildman–Crippen MR) is 233 cm³/mol. The number of carbonyl (C=O) groups excluding carboxylic acids is 3. The van der Waals surface area contributed by atoms with Crippen LogP contribution in [0.1, 0.15) is 51.9 Å². The molecule has 27 nitrogen and oxygen atoms in total. The normalized spacial score (nSPS) is 23.0. The molecule has 0 bridgehead atoms. The molecule has 388 valence electrons. The van der Waals surface area contributed by atoms with E-state index in [1.165, 1.54) is 6.07 Å². The van der Waals surface area contributed by atoms with Crippen LogP contribution in [0.2, 0.25) is 0 Å². The molecule has 0 saturated carbocycles. The summed E-state index contributed by atoms with van der Waals surface area (Å²) in [5.41, 5.74) is -0.745. The Kier molecular flexibility index (Phi) is 18.1. The summed E-state index contributed by atoms with van der Waals surface area (Å²) in [5.74, 6) is -0.931.